The van der Waals surface area contributed by atoms with Gasteiger partial charge in [-0.3, -0.25) is 9.69 Å². The molecular weight excluding hydrogens is 410 g/mol. The second-order valence-corrected chi connectivity index (χ2v) is 8.69. The Morgan fingerprint density at radius 3 is 2.28 bits per heavy atom. The summed E-state index contributed by atoms with van der Waals surface area (Å²) in [5, 5.41) is 9.46. The molecular formula is C24H29N3O5. The van der Waals surface area contributed by atoms with Crippen LogP contribution in [-0.4, -0.2) is 73.7 Å². The number of aliphatic imine (C=N–C) groups is 1. The number of benzene rings is 2. The van der Waals surface area contributed by atoms with E-state index in [1.807, 2.05) is 36.4 Å². The third kappa shape index (κ3) is 4.36. The third-order valence-corrected chi connectivity index (χ3v) is 5.91. The Balaban J connectivity index is 1.65. The molecule has 0 aliphatic carbocycles. The van der Waals surface area contributed by atoms with Crippen LogP contribution in [0.4, 0.5) is 5.69 Å². The van der Waals surface area contributed by atoms with Gasteiger partial charge in [-0.15, -0.1) is 0 Å². The lowest BCUT2D eigenvalue weighted by Gasteiger charge is -2.39. The van der Waals surface area contributed by atoms with Gasteiger partial charge in [0, 0.05) is 38.8 Å². The van der Waals surface area contributed by atoms with Crippen molar-refractivity contribution in [3.63, 3.8) is 0 Å². The fraction of sp³-hybridized carbons (Fsp3) is 0.417. The molecule has 2 aromatic rings. The monoisotopic (exact) mass is 439 g/mol. The number of ether oxygens (including phenoxy) is 3. The molecule has 0 aromatic heterocycles. The fourth-order valence-corrected chi connectivity index (χ4v) is 3.98. The van der Waals surface area contributed by atoms with E-state index in [1.54, 1.807) is 28.1 Å². The second-order valence-electron chi connectivity index (χ2n) is 8.69. The summed E-state index contributed by atoms with van der Waals surface area (Å²) in [5.41, 5.74) is 0.772. The highest BCUT2D eigenvalue weighted by Crippen LogP contribution is 2.41. The Kier molecular flexibility index (Phi) is 5.97. The third-order valence-electron chi connectivity index (χ3n) is 5.91. The summed E-state index contributed by atoms with van der Waals surface area (Å²) in [6, 6.07) is 11.3. The van der Waals surface area contributed by atoms with Crippen LogP contribution in [0.2, 0.25) is 0 Å². The molecule has 0 bridgehead atoms. The second kappa shape index (κ2) is 8.70. The van der Waals surface area contributed by atoms with E-state index < -0.39 is 11.4 Å². The largest absolute Gasteiger partial charge is 0.497 e. The zero-order valence-corrected chi connectivity index (χ0v) is 18.9. The summed E-state index contributed by atoms with van der Waals surface area (Å²) in [7, 11) is 3.26. The predicted molar refractivity (Wildman–Crippen MR) is 122 cm³/mol. The average molecular weight is 440 g/mol. The van der Waals surface area contributed by atoms with Gasteiger partial charge in [-0.2, -0.15) is 0 Å². The Morgan fingerprint density at radius 2 is 1.66 bits per heavy atom. The first-order valence-electron chi connectivity index (χ1n) is 10.6. The highest BCUT2D eigenvalue weighted by atomic mass is 16.5. The van der Waals surface area contributed by atoms with Crippen LogP contribution in [-0.2, 0) is 4.79 Å². The average Bonchev–Trinajstić information content (AvgIpc) is 2.94. The molecule has 8 heteroatoms. The van der Waals surface area contributed by atoms with Crippen molar-refractivity contribution in [2.24, 2.45) is 10.4 Å². The lowest BCUT2D eigenvalue weighted by atomic mass is 9.93. The lowest BCUT2D eigenvalue weighted by molar-refractivity contribution is -0.148. The SMILES string of the molecule is COc1ccc2c(c1)N=C(N1CCN(CC(C)(C)C(=O)O)CC1)c1cc(OC)ccc1O2. The molecule has 0 radical (unpaired) electrons. The maximum atomic E-state index is 11.5. The van der Waals surface area contributed by atoms with Crippen molar-refractivity contribution >= 4 is 17.5 Å². The number of methoxy groups -OCH3 is 2. The van der Waals surface area contributed by atoms with Gasteiger partial charge in [0.25, 0.3) is 0 Å². The van der Waals surface area contributed by atoms with Crippen LogP contribution in [0.25, 0.3) is 0 Å². The van der Waals surface area contributed by atoms with Gasteiger partial charge in [-0.25, -0.2) is 4.99 Å². The van der Waals surface area contributed by atoms with Crippen LogP contribution in [0.3, 0.4) is 0 Å². The van der Waals surface area contributed by atoms with Crippen molar-refractivity contribution in [3.8, 4) is 23.0 Å². The fourth-order valence-electron chi connectivity index (χ4n) is 3.98. The number of piperazine rings is 1. The van der Waals surface area contributed by atoms with Crippen LogP contribution in [0.15, 0.2) is 41.4 Å². The quantitative estimate of drug-likeness (QED) is 0.762. The minimum absolute atomic E-state index is 0.510. The molecule has 0 atom stereocenters. The number of carbonyl (C=O) groups is 1. The molecule has 4 rings (SSSR count). The molecule has 0 unspecified atom stereocenters. The van der Waals surface area contributed by atoms with Crippen molar-refractivity contribution in [2.45, 2.75) is 13.8 Å². The van der Waals surface area contributed by atoms with Gasteiger partial charge in [0.1, 0.15) is 28.8 Å². The van der Waals surface area contributed by atoms with E-state index in [1.165, 1.54) is 0 Å². The van der Waals surface area contributed by atoms with E-state index in [0.717, 1.165) is 43.3 Å². The summed E-state index contributed by atoms with van der Waals surface area (Å²) in [5.74, 6) is 2.84. The van der Waals surface area contributed by atoms with Crippen LogP contribution < -0.4 is 14.2 Å². The standard InChI is InChI=1S/C24H29N3O5/c1-24(2,23(28)29)15-26-9-11-27(12-10-26)22-18-13-16(30-3)5-7-20(18)32-21-8-6-17(31-4)14-19(21)25-22/h5-8,13-14H,9-12,15H2,1-4H3,(H,28,29). The molecule has 1 saturated heterocycles. The van der Waals surface area contributed by atoms with E-state index in [-0.39, 0.29) is 0 Å². The molecule has 0 amide bonds. The predicted octanol–water partition coefficient (Wildman–Crippen LogP) is 3.62. The van der Waals surface area contributed by atoms with Crippen LogP contribution in [0.5, 0.6) is 23.0 Å². The Hall–Kier alpha value is -3.26. The Bertz CT molecular complexity index is 1040. The van der Waals surface area contributed by atoms with Gasteiger partial charge in [-0.1, -0.05) is 0 Å². The molecule has 2 aromatic carbocycles. The van der Waals surface area contributed by atoms with Crippen LogP contribution >= 0.6 is 0 Å². The maximum Gasteiger partial charge on any atom is 0.310 e. The number of carboxylic acid groups (broad SMARTS) is 1. The maximum absolute atomic E-state index is 11.5. The minimum Gasteiger partial charge on any atom is -0.497 e. The van der Waals surface area contributed by atoms with Crippen molar-refractivity contribution in [3.05, 3.63) is 42.0 Å². The minimum atomic E-state index is -0.786. The highest BCUT2D eigenvalue weighted by Gasteiger charge is 2.32. The summed E-state index contributed by atoms with van der Waals surface area (Å²) in [6.45, 7) is 7.00. The first-order chi connectivity index (χ1) is 15.3. The van der Waals surface area contributed by atoms with Gasteiger partial charge >= 0.3 is 5.97 Å². The van der Waals surface area contributed by atoms with E-state index in [9.17, 15) is 9.90 Å². The number of fused-ring (bicyclic) bond motifs is 2. The molecule has 2 heterocycles. The van der Waals surface area contributed by atoms with Crippen molar-refractivity contribution < 1.29 is 24.1 Å². The van der Waals surface area contributed by atoms with E-state index in [4.69, 9.17) is 19.2 Å². The first-order valence-corrected chi connectivity index (χ1v) is 10.6. The smallest absolute Gasteiger partial charge is 0.310 e. The number of amidine groups is 1. The summed E-state index contributed by atoms with van der Waals surface area (Å²) in [6.07, 6.45) is 0. The van der Waals surface area contributed by atoms with Gasteiger partial charge in [-0.05, 0) is 44.2 Å². The summed E-state index contributed by atoms with van der Waals surface area (Å²) in [4.78, 5) is 20.9. The van der Waals surface area contributed by atoms with E-state index in [0.29, 0.717) is 29.5 Å². The topological polar surface area (TPSA) is 83.8 Å². The number of carboxylic acids is 1. The van der Waals surface area contributed by atoms with Crippen molar-refractivity contribution in [2.75, 3.05) is 46.9 Å². The normalized spacial score (nSPS) is 16.2. The van der Waals surface area contributed by atoms with Gasteiger partial charge < -0.3 is 24.2 Å². The van der Waals surface area contributed by atoms with Gasteiger partial charge in [0.15, 0.2) is 5.75 Å². The van der Waals surface area contributed by atoms with Crippen LogP contribution in [0.1, 0.15) is 19.4 Å². The molecule has 170 valence electrons. The molecule has 2 aliphatic rings. The molecule has 1 fully saturated rings. The highest BCUT2D eigenvalue weighted by molar-refractivity contribution is 6.04. The summed E-state index contributed by atoms with van der Waals surface area (Å²) >= 11 is 0. The zero-order chi connectivity index (χ0) is 22.9. The Labute approximate surface area is 188 Å². The number of nitrogens with zero attached hydrogens (tertiary/aromatic N) is 3. The number of rotatable bonds is 5. The first kappa shape index (κ1) is 22.0. The number of aliphatic carboxylic acids is 1. The number of hydrogen-bond acceptors (Lipinski definition) is 7. The molecule has 32 heavy (non-hydrogen) atoms. The molecule has 0 saturated carbocycles. The molecule has 8 nitrogen and oxygen atoms in total. The molecule has 0 spiro atoms. The lowest BCUT2D eigenvalue weighted by Crippen LogP contribution is -2.52. The molecule has 2 aliphatic heterocycles. The van der Waals surface area contributed by atoms with Crippen molar-refractivity contribution in [1.82, 2.24) is 9.80 Å². The van der Waals surface area contributed by atoms with Gasteiger partial charge in [0.2, 0.25) is 0 Å². The Morgan fingerprint density at radius 1 is 1.03 bits per heavy atom. The number of hydrogen-bond donors (Lipinski definition) is 1. The van der Waals surface area contributed by atoms with E-state index >= 15 is 0 Å². The van der Waals surface area contributed by atoms with Crippen molar-refractivity contribution in [1.29, 1.82) is 0 Å². The summed E-state index contributed by atoms with van der Waals surface area (Å²) < 4.78 is 17.0. The molecule has 1 N–H and O–H groups in total. The van der Waals surface area contributed by atoms with Crippen LogP contribution in [0, 0.1) is 5.41 Å². The van der Waals surface area contributed by atoms with E-state index in [2.05, 4.69) is 9.80 Å². The zero-order valence-electron chi connectivity index (χ0n) is 18.9. The van der Waals surface area contributed by atoms with Gasteiger partial charge in [0.05, 0.1) is 25.2 Å².